The Balaban J connectivity index is 2.04. The fraction of sp³-hybridized carbons (Fsp3) is 0.310. The number of hydrogen-bond acceptors (Lipinski definition) is 6. The molecule has 1 N–H and O–H groups in total. The fourth-order valence-electron chi connectivity index (χ4n) is 4.14. The number of sulfonamides is 1. The van der Waals surface area contributed by atoms with Gasteiger partial charge in [-0.1, -0.05) is 48.0 Å². The summed E-state index contributed by atoms with van der Waals surface area (Å²) >= 11 is 0. The van der Waals surface area contributed by atoms with Crippen LogP contribution < -0.4 is 19.1 Å². The van der Waals surface area contributed by atoms with Crippen molar-refractivity contribution in [3.8, 4) is 11.5 Å². The first-order chi connectivity index (χ1) is 18.6. The number of likely N-dealkylation sites (N-methyl/N-ethyl adjacent to an activating group) is 1. The second kappa shape index (κ2) is 13.1. The summed E-state index contributed by atoms with van der Waals surface area (Å²) in [5.41, 5.74) is 2.14. The first kappa shape index (κ1) is 29.5. The SMILES string of the molecule is CCNC(=O)C(C)N(Cc1cccc(C)c1)C(=O)CN(c1ccccc1)S(=O)(=O)c1ccc(OC)c(OC)c1. The van der Waals surface area contributed by atoms with E-state index in [1.807, 2.05) is 31.2 Å². The van der Waals surface area contributed by atoms with Crippen LogP contribution in [-0.4, -0.2) is 58.5 Å². The van der Waals surface area contributed by atoms with Crippen molar-refractivity contribution in [2.45, 2.75) is 38.3 Å². The smallest absolute Gasteiger partial charge is 0.264 e. The van der Waals surface area contributed by atoms with Crippen molar-refractivity contribution in [1.82, 2.24) is 10.2 Å². The summed E-state index contributed by atoms with van der Waals surface area (Å²) in [4.78, 5) is 28.0. The number of benzene rings is 3. The van der Waals surface area contributed by atoms with E-state index in [0.717, 1.165) is 15.4 Å². The topological polar surface area (TPSA) is 105 Å². The molecular weight excluding hydrogens is 518 g/mol. The number of nitrogens with zero attached hydrogens (tertiary/aromatic N) is 2. The van der Waals surface area contributed by atoms with E-state index in [-0.39, 0.29) is 23.1 Å². The molecule has 1 atom stereocenters. The number of ether oxygens (including phenoxy) is 2. The Morgan fingerprint density at radius 2 is 1.62 bits per heavy atom. The lowest BCUT2D eigenvalue weighted by molar-refractivity contribution is -0.139. The predicted molar refractivity (Wildman–Crippen MR) is 150 cm³/mol. The molecule has 1 unspecified atom stereocenters. The Morgan fingerprint density at radius 3 is 2.23 bits per heavy atom. The lowest BCUT2D eigenvalue weighted by Gasteiger charge is -2.32. The highest BCUT2D eigenvalue weighted by Gasteiger charge is 2.33. The van der Waals surface area contributed by atoms with Gasteiger partial charge in [-0.3, -0.25) is 13.9 Å². The van der Waals surface area contributed by atoms with Crippen LogP contribution in [0.5, 0.6) is 11.5 Å². The van der Waals surface area contributed by atoms with E-state index in [2.05, 4.69) is 5.32 Å². The molecule has 2 amide bonds. The molecule has 9 nitrogen and oxygen atoms in total. The van der Waals surface area contributed by atoms with E-state index in [1.165, 1.54) is 37.3 Å². The van der Waals surface area contributed by atoms with Crippen LogP contribution in [0.25, 0.3) is 0 Å². The van der Waals surface area contributed by atoms with Crippen LogP contribution in [-0.2, 0) is 26.2 Å². The molecule has 0 aliphatic heterocycles. The van der Waals surface area contributed by atoms with Gasteiger partial charge in [-0.2, -0.15) is 0 Å². The third kappa shape index (κ3) is 7.08. The standard InChI is InChI=1S/C29H35N3O6S/c1-6-30-29(34)22(3)31(19-23-12-10-11-21(2)17-23)28(33)20-32(24-13-8-7-9-14-24)39(35,36)25-15-16-26(37-4)27(18-25)38-5/h7-18,22H,6,19-20H2,1-5H3,(H,30,34). The number of carbonyl (C=O) groups is 2. The van der Waals surface area contributed by atoms with Gasteiger partial charge >= 0.3 is 0 Å². The zero-order valence-electron chi connectivity index (χ0n) is 22.9. The van der Waals surface area contributed by atoms with Crippen molar-refractivity contribution < 1.29 is 27.5 Å². The quantitative estimate of drug-likeness (QED) is 0.366. The van der Waals surface area contributed by atoms with Crippen LogP contribution in [0.15, 0.2) is 77.7 Å². The number of amides is 2. The minimum absolute atomic E-state index is 0.0705. The van der Waals surface area contributed by atoms with Crippen molar-refractivity contribution >= 4 is 27.5 Å². The normalized spacial score (nSPS) is 11.8. The van der Waals surface area contributed by atoms with Gasteiger partial charge in [0.2, 0.25) is 11.8 Å². The van der Waals surface area contributed by atoms with Crippen LogP contribution in [0, 0.1) is 6.92 Å². The minimum Gasteiger partial charge on any atom is -0.493 e. The van der Waals surface area contributed by atoms with E-state index in [9.17, 15) is 18.0 Å². The Labute approximate surface area is 230 Å². The van der Waals surface area contributed by atoms with E-state index in [1.54, 1.807) is 44.2 Å². The van der Waals surface area contributed by atoms with Crippen molar-refractivity contribution in [3.05, 3.63) is 83.9 Å². The molecule has 0 fully saturated rings. The molecular formula is C29H35N3O6S. The fourth-order valence-corrected chi connectivity index (χ4v) is 5.57. The zero-order chi connectivity index (χ0) is 28.6. The first-order valence-electron chi connectivity index (χ1n) is 12.5. The molecule has 0 bridgehead atoms. The molecule has 3 aromatic carbocycles. The molecule has 0 radical (unpaired) electrons. The molecule has 0 aliphatic rings. The number of nitrogens with one attached hydrogen (secondary N) is 1. The average Bonchev–Trinajstić information content (AvgIpc) is 2.94. The average molecular weight is 554 g/mol. The van der Waals surface area contributed by atoms with Crippen molar-refractivity contribution in [2.24, 2.45) is 0 Å². The van der Waals surface area contributed by atoms with Gasteiger partial charge in [0, 0.05) is 19.2 Å². The summed E-state index contributed by atoms with van der Waals surface area (Å²) in [7, 11) is -1.35. The van der Waals surface area contributed by atoms with Crippen molar-refractivity contribution in [3.63, 3.8) is 0 Å². The second-order valence-corrected chi connectivity index (χ2v) is 10.8. The number of anilines is 1. The summed E-state index contributed by atoms with van der Waals surface area (Å²) < 4.78 is 39.5. The van der Waals surface area contributed by atoms with Gasteiger partial charge in [0.15, 0.2) is 11.5 Å². The first-order valence-corrected chi connectivity index (χ1v) is 14.0. The van der Waals surface area contributed by atoms with Crippen LogP contribution in [0.1, 0.15) is 25.0 Å². The van der Waals surface area contributed by atoms with Gasteiger partial charge in [0.1, 0.15) is 12.6 Å². The molecule has 0 saturated carbocycles. The lowest BCUT2D eigenvalue weighted by Crippen LogP contribution is -2.51. The molecule has 208 valence electrons. The maximum absolute atomic E-state index is 13.9. The lowest BCUT2D eigenvalue weighted by atomic mass is 10.1. The van der Waals surface area contributed by atoms with Crippen LogP contribution in [0.2, 0.25) is 0 Å². The minimum atomic E-state index is -4.23. The van der Waals surface area contributed by atoms with Gasteiger partial charge in [-0.25, -0.2) is 8.42 Å². The van der Waals surface area contributed by atoms with Gasteiger partial charge in [0.25, 0.3) is 10.0 Å². The van der Waals surface area contributed by atoms with Crippen LogP contribution in [0.4, 0.5) is 5.69 Å². The van der Waals surface area contributed by atoms with Crippen LogP contribution >= 0.6 is 0 Å². The summed E-state index contributed by atoms with van der Waals surface area (Å²) in [6.45, 7) is 5.39. The third-order valence-corrected chi connectivity index (χ3v) is 7.99. The molecule has 0 spiro atoms. The highest BCUT2D eigenvalue weighted by Crippen LogP contribution is 2.32. The number of para-hydroxylation sites is 1. The summed E-state index contributed by atoms with van der Waals surface area (Å²) in [5, 5.41) is 2.75. The molecule has 0 aromatic heterocycles. The van der Waals surface area contributed by atoms with E-state index in [0.29, 0.717) is 18.0 Å². The molecule has 10 heteroatoms. The van der Waals surface area contributed by atoms with Crippen molar-refractivity contribution in [1.29, 1.82) is 0 Å². The number of hydrogen-bond donors (Lipinski definition) is 1. The van der Waals surface area contributed by atoms with Gasteiger partial charge < -0.3 is 19.7 Å². The Bertz CT molecular complexity index is 1400. The maximum atomic E-state index is 13.9. The highest BCUT2D eigenvalue weighted by molar-refractivity contribution is 7.92. The summed E-state index contributed by atoms with van der Waals surface area (Å²) in [5.74, 6) is -0.238. The second-order valence-electron chi connectivity index (χ2n) is 8.95. The van der Waals surface area contributed by atoms with Crippen molar-refractivity contribution in [2.75, 3.05) is 31.6 Å². The van der Waals surface area contributed by atoms with Gasteiger partial charge in [-0.15, -0.1) is 0 Å². The van der Waals surface area contributed by atoms with Crippen LogP contribution in [0.3, 0.4) is 0 Å². The maximum Gasteiger partial charge on any atom is 0.264 e. The number of rotatable bonds is 12. The van der Waals surface area contributed by atoms with E-state index in [4.69, 9.17) is 9.47 Å². The highest BCUT2D eigenvalue weighted by atomic mass is 32.2. The summed E-state index contributed by atoms with van der Waals surface area (Å²) in [6, 6.07) is 19.4. The molecule has 0 saturated heterocycles. The number of carbonyl (C=O) groups excluding carboxylic acids is 2. The molecule has 3 aromatic rings. The van der Waals surface area contributed by atoms with E-state index < -0.39 is 28.5 Å². The Kier molecular flexibility index (Phi) is 9.95. The predicted octanol–water partition coefficient (Wildman–Crippen LogP) is 3.76. The molecule has 39 heavy (non-hydrogen) atoms. The number of aryl methyl sites for hydroxylation is 1. The Hall–Kier alpha value is -4.05. The Morgan fingerprint density at radius 1 is 0.923 bits per heavy atom. The molecule has 0 heterocycles. The molecule has 0 aliphatic carbocycles. The zero-order valence-corrected chi connectivity index (χ0v) is 23.7. The third-order valence-electron chi connectivity index (χ3n) is 6.22. The summed E-state index contributed by atoms with van der Waals surface area (Å²) in [6.07, 6.45) is 0. The monoisotopic (exact) mass is 553 g/mol. The van der Waals surface area contributed by atoms with Gasteiger partial charge in [-0.05, 0) is 50.6 Å². The largest absolute Gasteiger partial charge is 0.493 e. The molecule has 3 rings (SSSR count). The number of methoxy groups -OCH3 is 2. The van der Waals surface area contributed by atoms with E-state index >= 15 is 0 Å². The van der Waals surface area contributed by atoms with Gasteiger partial charge in [0.05, 0.1) is 24.8 Å².